The molecule has 2 nitrogen and oxygen atoms in total. The summed E-state index contributed by atoms with van der Waals surface area (Å²) < 4.78 is 2.48. The van der Waals surface area contributed by atoms with E-state index in [0.717, 1.165) is 0 Å². The summed E-state index contributed by atoms with van der Waals surface area (Å²) in [4.78, 5) is 4.83. The molecule has 0 saturated carbocycles. The van der Waals surface area contributed by atoms with Gasteiger partial charge in [0, 0.05) is 18.7 Å². The van der Waals surface area contributed by atoms with Gasteiger partial charge in [-0.2, -0.15) is 0 Å². The van der Waals surface area contributed by atoms with Crippen LogP contribution >= 0.6 is 0 Å². The van der Waals surface area contributed by atoms with Crippen molar-refractivity contribution in [1.82, 2.24) is 9.55 Å². The van der Waals surface area contributed by atoms with E-state index in [1.165, 1.54) is 43.0 Å². The van der Waals surface area contributed by atoms with Gasteiger partial charge >= 0.3 is 0 Å². The van der Waals surface area contributed by atoms with Crippen LogP contribution < -0.4 is 0 Å². The number of hydrogen-bond acceptors (Lipinski definition) is 1. The standard InChI is InChI=1S/C13H22N2/c1-9(2)12-13(10(3)4)15-8-6-5-7-11(15)14-12/h9-10H,5-8H2,1-4H3. The molecule has 1 aliphatic rings. The fraction of sp³-hybridized carbons (Fsp3) is 0.769. The van der Waals surface area contributed by atoms with Gasteiger partial charge in [0.05, 0.1) is 5.69 Å². The summed E-state index contributed by atoms with van der Waals surface area (Å²) in [5.74, 6) is 2.48. The molecule has 0 amide bonds. The van der Waals surface area contributed by atoms with Crippen LogP contribution in [0.5, 0.6) is 0 Å². The molecule has 0 spiro atoms. The Hall–Kier alpha value is -0.790. The van der Waals surface area contributed by atoms with Crippen LogP contribution in [0.4, 0.5) is 0 Å². The molecule has 0 aromatic carbocycles. The molecule has 2 heteroatoms. The van der Waals surface area contributed by atoms with Crippen LogP contribution in [0.1, 0.15) is 69.6 Å². The molecule has 0 N–H and O–H groups in total. The van der Waals surface area contributed by atoms with E-state index in [0.29, 0.717) is 11.8 Å². The van der Waals surface area contributed by atoms with Gasteiger partial charge in [-0.3, -0.25) is 0 Å². The van der Waals surface area contributed by atoms with Crippen LogP contribution in [-0.2, 0) is 13.0 Å². The molecule has 2 heterocycles. The first-order valence-corrected chi connectivity index (χ1v) is 6.20. The van der Waals surface area contributed by atoms with Crippen molar-refractivity contribution in [2.45, 2.75) is 65.3 Å². The van der Waals surface area contributed by atoms with Crippen molar-refractivity contribution < 1.29 is 0 Å². The molecule has 84 valence electrons. The topological polar surface area (TPSA) is 17.8 Å². The first kappa shape index (κ1) is 10.7. The Kier molecular flexibility index (Phi) is 2.85. The Balaban J connectivity index is 2.51. The van der Waals surface area contributed by atoms with E-state index in [9.17, 15) is 0 Å². The van der Waals surface area contributed by atoms with Crippen LogP contribution in [0, 0.1) is 0 Å². The van der Waals surface area contributed by atoms with E-state index < -0.39 is 0 Å². The fourth-order valence-electron chi connectivity index (χ4n) is 2.56. The number of aryl methyl sites for hydroxylation is 1. The molecule has 0 saturated heterocycles. The monoisotopic (exact) mass is 206 g/mol. The van der Waals surface area contributed by atoms with Gasteiger partial charge in [-0.05, 0) is 24.7 Å². The number of fused-ring (bicyclic) bond motifs is 1. The van der Waals surface area contributed by atoms with Crippen molar-refractivity contribution in [2.75, 3.05) is 0 Å². The van der Waals surface area contributed by atoms with E-state index >= 15 is 0 Å². The van der Waals surface area contributed by atoms with Crippen molar-refractivity contribution in [3.05, 3.63) is 17.2 Å². The van der Waals surface area contributed by atoms with E-state index in [1.54, 1.807) is 0 Å². The van der Waals surface area contributed by atoms with Crippen LogP contribution in [0.15, 0.2) is 0 Å². The normalized spacial score (nSPS) is 16.1. The zero-order chi connectivity index (χ0) is 11.0. The second-order valence-corrected chi connectivity index (χ2v) is 5.22. The van der Waals surface area contributed by atoms with Gasteiger partial charge in [-0.25, -0.2) is 4.98 Å². The first-order chi connectivity index (χ1) is 7.11. The average molecular weight is 206 g/mol. The molecule has 0 unspecified atom stereocenters. The highest BCUT2D eigenvalue weighted by Gasteiger charge is 2.22. The highest BCUT2D eigenvalue weighted by Crippen LogP contribution is 2.29. The van der Waals surface area contributed by atoms with E-state index in [2.05, 4.69) is 32.3 Å². The number of nitrogens with zero attached hydrogens (tertiary/aromatic N) is 2. The Morgan fingerprint density at radius 3 is 2.40 bits per heavy atom. The summed E-state index contributed by atoms with van der Waals surface area (Å²) in [5.41, 5.74) is 2.82. The highest BCUT2D eigenvalue weighted by atomic mass is 15.1. The summed E-state index contributed by atoms with van der Waals surface area (Å²) in [6.07, 6.45) is 3.80. The summed E-state index contributed by atoms with van der Waals surface area (Å²) in [5, 5.41) is 0. The molecule has 15 heavy (non-hydrogen) atoms. The number of imidazole rings is 1. The van der Waals surface area contributed by atoms with Gasteiger partial charge in [0.2, 0.25) is 0 Å². The predicted octanol–water partition coefficient (Wildman–Crippen LogP) is 3.47. The minimum atomic E-state index is 0.556. The van der Waals surface area contributed by atoms with Crippen molar-refractivity contribution >= 4 is 0 Å². The largest absolute Gasteiger partial charge is 0.331 e. The lowest BCUT2D eigenvalue weighted by Gasteiger charge is -2.19. The smallest absolute Gasteiger partial charge is 0.109 e. The molecule has 0 aliphatic carbocycles. The summed E-state index contributed by atoms with van der Waals surface area (Å²) in [6, 6.07) is 0. The maximum absolute atomic E-state index is 4.83. The number of rotatable bonds is 2. The van der Waals surface area contributed by atoms with Gasteiger partial charge in [0.25, 0.3) is 0 Å². The van der Waals surface area contributed by atoms with Gasteiger partial charge in [0.15, 0.2) is 0 Å². The molecular weight excluding hydrogens is 184 g/mol. The average Bonchev–Trinajstić information content (AvgIpc) is 2.56. The molecule has 1 aromatic rings. The Morgan fingerprint density at radius 2 is 1.80 bits per heavy atom. The Bertz CT molecular complexity index is 348. The molecule has 1 aliphatic heterocycles. The first-order valence-electron chi connectivity index (χ1n) is 6.20. The maximum Gasteiger partial charge on any atom is 0.109 e. The Labute approximate surface area is 92.7 Å². The van der Waals surface area contributed by atoms with Gasteiger partial charge in [-0.1, -0.05) is 27.7 Å². The fourth-order valence-corrected chi connectivity index (χ4v) is 2.56. The molecule has 0 bridgehead atoms. The zero-order valence-electron chi connectivity index (χ0n) is 10.4. The third-order valence-electron chi connectivity index (χ3n) is 3.24. The van der Waals surface area contributed by atoms with Crippen molar-refractivity contribution in [2.24, 2.45) is 0 Å². The third-order valence-corrected chi connectivity index (χ3v) is 3.24. The predicted molar refractivity (Wildman–Crippen MR) is 63.3 cm³/mol. The zero-order valence-corrected chi connectivity index (χ0v) is 10.4. The minimum absolute atomic E-state index is 0.556. The minimum Gasteiger partial charge on any atom is -0.331 e. The van der Waals surface area contributed by atoms with E-state index in [-0.39, 0.29) is 0 Å². The molecular formula is C13H22N2. The molecule has 2 rings (SSSR count). The molecule has 0 atom stereocenters. The van der Waals surface area contributed by atoms with Crippen LogP contribution in [0.3, 0.4) is 0 Å². The summed E-state index contributed by atoms with van der Waals surface area (Å²) >= 11 is 0. The molecule has 1 aromatic heterocycles. The lowest BCUT2D eigenvalue weighted by molar-refractivity contribution is 0.500. The number of hydrogen-bond donors (Lipinski definition) is 0. The lowest BCUT2D eigenvalue weighted by Crippen LogP contribution is -2.14. The van der Waals surface area contributed by atoms with Gasteiger partial charge < -0.3 is 4.57 Å². The van der Waals surface area contributed by atoms with Crippen molar-refractivity contribution in [3.8, 4) is 0 Å². The summed E-state index contributed by atoms with van der Waals surface area (Å²) in [7, 11) is 0. The van der Waals surface area contributed by atoms with Crippen LogP contribution in [0.25, 0.3) is 0 Å². The highest BCUT2D eigenvalue weighted by molar-refractivity contribution is 5.24. The van der Waals surface area contributed by atoms with E-state index in [4.69, 9.17) is 4.98 Å². The Morgan fingerprint density at radius 1 is 1.07 bits per heavy atom. The molecule has 0 fully saturated rings. The number of aromatic nitrogens is 2. The molecule has 0 radical (unpaired) electrons. The summed E-state index contributed by atoms with van der Waals surface area (Å²) in [6.45, 7) is 10.2. The van der Waals surface area contributed by atoms with Crippen LogP contribution in [0.2, 0.25) is 0 Å². The second-order valence-electron chi connectivity index (χ2n) is 5.22. The SMILES string of the molecule is CC(C)c1nc2n(c1C(C)C)CCCC2. The quantitative estimate of drug-likeness (QED) is 0.724. The van der Waals surface area contributed by atoms with Gasteiger partial charge in [-0.15, -0.1) is 0 Å². The maximum atomic E-state index is 4.83. The van der Waals surface area contributed by atoms with E-state index in [1.807, 2.05) is 0 Å². The lowest BCUT2D eigenvalue weighted by atomic mass is 10.0. The second kappa shape index (κ2) is 3.99. The van der Waals surface area contributed by atoms with Gasteiger partial charge in [0.1, 0.15) is 5.82 Å². The van der Waals surface area contributed by atoms with Crippen molar-refractivity contribution in [1.29, 1.82) is 0 Å². The van der Waals surface area contributed by atoms with Crippen LogP contribution in [-0.4, -0.2) is 9.55 Å². The van der Waals surface area contributed by atoms with Crippen molar-refractivity contribution in [3.63, 3.8) is 0 Å². The third kappa shape index (κ3) is 1.82.